The van der Waals surface area contributed by atoms with Crippen molar-refractivity contribution >= 4 is 28.2 Å². The summed E-state index contributed by atoms with van der Waals surface area (Å²) >= 11 is 0. The van der Waals surface area contributed by atoms with Crippen LogP contribution in [0.1, 0.15) is 25.7 Å². The molecule has 0 unspecified atom stereocenters. The van der Waals surface area contributed by atoms with E-state index < -0.39 is 34.4 Å². The summed E-state index contributed by atoms with van der Waals surface area (Å²) in [4.78, 5) is 36.9. The third-order valence-corrected chi connectivity index (χ3v) is 4.41. The second kappa shape index (κ2) is 5.62. The quantitative estimate of drug-likeness (QED) is 0.416. The van der Waals surface area contributed by atoms with E-state index in [4.69, 9.17) is 4.55 Å². The number of rotatable bonds is 4. The van der Waals surface area contributed by atoms with Crippen LogP contribution in [0.4, 0.5) is 4.79 Å². The Kier molecular flexibility index (Phi) is 3.90. The number of carbonyl (C=O) groups excluding carboxylic acids is 3. The summed E-state index contributed by atoms with van der Waals surface area (Å²) < 4.78 is 34.5. The van der Waals surface area contributed by atoms with Crippen LogP contribution in [0, 0.1) is 5.92 Å². The average Bonchev–Trinajstić information content (AvgIpc) is 3.29. The lowest BCUT2D eigenvalue weighted by Crippen LogP contribution is -2.54. The van der Waals surface area contributed by atoms with Gasteiger partial charge in [-0.05, 0) is 25.7 Å². The zero-order chi connectivity index (χ0) is 16.8. The Morgan fingerprint density at radius 1 is 1.13 bits per heavy atom. The van der Waals surface area contributed by atoms with Crippen molar-refractivity contribution in [3.05, 3.63) is 0 Å². The van der Waals surface area contributed by atoms with Crippen LogP contribution in [0.25, 0.3) is 0 Å². The van der Waals surface area contributed by atoms with Gasteiger partial charge in [0, 0.05) is 12.5 Å². The fourth-order valence-corrected chi connectivity index (χ4v) is 3.15. The predicted molar refractivity (Wildman–Crippen MR) is 72.4 cm³/mol. The minimum atomic E-state index is -4.82. The number of carbonyl (C=O) groups is 3. The number of hydrogen-bond acceptors (Lipinski definition) is 6. The number of nitrogens with one attached hydrogen (secondary N) is 2. The summed E-state index contributed by atoms with van der Waals surface area (Å²) in [7, 11) is -4.82. The molecule has 23 heavy (non-hydrogen) atoms. The molecule has 0 radical (unpaired) electrons. The number of nitrogens with zero attached hydrogens (tertiary/aromatic N) is 2. The molecule has 0 aromatic carbocycles. The molecule has 2 aliphatic heterocycles. The zero-order valence-corrected chi connectivity index (χ0v) is 12.8. The van der Waals surface area contributed by atoms with E-state index in [1.807, 2.05) is 0 Å². The first-order chi connectivity index (χ1) is 10.8. The minimum Gasteiger partial charge on any atom is -0.309 e. The highest BCUT2D eigenvalue weighted by Gasteiger charge is 2.49. The second-order valence-electron chi connectivity index (χ2n) is 5.76. The van der Waals surface area contributed by atoms with E-state index >= 15 is 0 Å². The largest absolute Gasteiger partial charge is 0.418 e. The molecule has 128 valence electrons. The monoisotopic (exact) mass is 348 g/mol. The molecule has 2 saturated heterocycles. The Bertz CT molecular complexity index is 647. The second-order valence-corrected chi connectivity index (χ2v) is 6.77. The van der Waals surface area contributed by atoms with E-state index in [9.17, 15) is 22.8 Å². The van der Waals surface area contributed by atoms with Crippen LogP contribution in [0.15, 0.2) is 0 Å². The first-order valence-corrected chi connectivity index (χ1v) is 8.49. The summed E-state index contributed by atoms with van der Waals surface area (Å²) in [6.45, 7) is 0.100. The lowest BCUT2D eigenvalue weighted by Gasteiger charge is -2.29. The van der Waals surface area contributed by atoms with Crippen molar-refractivity contribution in [3.8, 4) is 0 Å². The van der Waals surface area contributed by atoms with E-state index in [1.54, 1.807) is 0 Å². The molecule has 3 N–H and O–H groups in total. The van der Waals surface area contributed by atoms with Gasteiger partial charge in [0.1, 0.15) is 6.04 Å². The highest BCUT2D eigenvalue weighted by atomic mass is 32.3. The number of fused-ring (bicyclic) bond motifs is 2. The third-order valence-electron chi connectivity index (χ3n) is 4.06. The molecule has 3 aliphatic rings. The summed E-state index contributed by atoms with van der Waals surface area (Å²) in [5.41, 5.74) is 4.59. The topological polar surface area (TPSA) is 145 Å². The molecule has 3 fully saturated rings. The molecule has 2 atom stereocenters. The van der Waals surface area contributed by atoms with Gasteiger partial charge in [-0.25, -0.2) is 4.79 Å². The van der Waals surface area contributed by atoms with Crippen LogP contribution in [0.5, 0.6) is 0 Å². The summed E-state index contributed by atoms with van der Waals surface area (Å²) in [6, 6.07) is -2.22. The fraction of sp³-hybridized carbons (Fsp3) is 0.727. The Morgan fingerprint density at radius 3 is 2.39 bits per heavy atom. The maximum atomic E-state index is 12.1. The molecule has 0 spiro atoms. The maximum Gasteiger partial charge on any atom is 0.418 e. The Morgan fingerprint density at radius 2 is 1.78 bits per heavy atom. The Labute approximate surface area is 131 Å². The van der Waals surface area contributed by atoms with Gasteiger partial charge in [0.25, 0.3) is 5.91 Å². The highest BCUT2D eigenvalue weighted by Crippen LogP contribution is 2.31. The lowest BCUT2D eigenvalue weighted by atomic mass is 10.0. The number of hydroxylamine groups is 2. The molecule has 4 amide bonds. The van der Waals surface area contributed by atoms with Crippen LogP contribution >= 0.6 is 0 Å². The number of urea groups is 1. The molecule has 12 heteroatoms. The van der Waals surface area contributed by atoms with Crippen LogP contribution in [-0.4, -0.2) is 59.4 Å². The normalized spacial score (nSPS) is 27.1. The summed E-state index contributed by atoms with van der Waals surface area (Å²) in [5, 5.41) is 0.561. The number of piperidine rings is 1. The molecular formula is C11H16N4O7S. The van der Waals surface area contributed by atoms with Gasteiger partial charge in [-0.15, -0.1) is 4.28 Å². The Balaban J connectivity index is 1.61. The molecule has 2 bridgehead atoms. The van der Waals surface area contributed by atoms with Crippen LogP contribution in [0.3, 0.4) is 0 Å². The molecular weight excluding hydrogens is 332 g/mol. The van der Waals surface area contributed by atoms with Gasteiger partial charge in [0.05, 0.1) is 6.04 Å². The number of amides is 4. The van der Waals surface area contributed by atoms with Crippen molar-refractivity contribution in [3.63, 3.8) is 0 Å². The van der Waals surface area contributed by atoms with E-state index in [0.29, 0.717) is 11.5 Å². The molecule has 1 aliphatic carbocycles. The van der Waals surface area contributed by atoms with E-state index in [1.165, 1.54) is 0 Å². The van der Waals surface area contributed by atoms with Crippen LogP contribution < -0.4 is 10.9 Å². The molecule has 2 heterocycles. The molecule has 3 rings (SSSR count). The van der Waals surface area contributed by atoms with Gasteiger partial charge < -0.3 is 4.90 Å². The Hall–Kier alpha value is -1.92. The van der Waals surface area contributed by atoms with Crippen molar-refractivity contribution in [1.82, 2.24) is 20.8 Å². The van der Waals surface area contributed by atoms with Gasteiger partial charge in [0.15, 0.2) is 0 Å². The molecule has 0 aromatic rings. The predicted octanol–water partition coefficient (Wildman–Crippen LogP) is -1.45. The molecule has 11 nitrogen and oxygen atoms in total. The maximum absolute atomic E-state index is 12.1. The van der Waals surface area contributed by atoms with Crippen molar-refractivity contribution < 1.29 is 31.6 Å². The van der Waals surface area contributed by atoms with E-state index in [2.05, 4.69) is 15.1 Å². The molecule has 1 saturated carbocycles. The number of hydrogen-bond donors (Lipinski definition) is 3. The van der Waals surface area contributed by atoms with Crippen molar-refractivity contribution in [1.29, 1.82) is 0 Å². The first kappa shape index (κ1) is 16.0. The van der Waals surface area contributed by atoms with E-state index in [0.717, 1.165) is 17.7 Å². The fourth-order valence-electron chi connectivity index (χ4n) is 2.76. The average molecular weight is 348 g/mol. The SMILES string of the molecule is O=C(NNC(=O)[C@H]1CC[C@H]2CN1C(=O)N2OS(=O)(=O)O)C1CC1. The van der Waals surface area contributed by atoms with Gasteiger partial charge in [-0.3, -0.25) is 25.0 Å². The summed E-state index contributed by atoms with van der Waals surface area (Å²) in [5.74, 6) is -0.895. The van der Waals surface area contributed by atoms with Gasteiger partial charge >= 0.3 is 16.4 Å². The summed E-state index contributed by atoms with van der Waals surface area (Å²) in [6.07, 6.45) is 2.19. The highest BCUT2D eigenvalue weighted by molar-refractivity contribution is 7.80. The van der Waals surface area contributed by atoms with Gasteiger partial charge in [-0.1, -0.05) is 0 Å². The van der Waals surface area contributed by atoms with Crippen molar-refractivity contribution in [2.75, 3.05) is 6.54 Å². The third kappa shape index (κ3) is 3.38. The van der Waals surface area contributed by atoms with Crippen LogP contribution in [-0.2, 0) is 24.3 Å². The smallest absolute Gasteiger partial charge is 0.309 e. The standard InChI is InChI=1S/C11H16N4O7S/c16-9(6-1-2-6)12-13-10(17)8-4-3-7-5-14(8)11(18)15(7)22-23(19,20)21/h6-8H,1-5H2,(H,12,16)(H,13,17)(H,19,20,21)/t7-,8+/m0/s1. The van der Waals surface area contributed by atoms with Gasteiger partial charge in [0.2, 0.25) is 5.91 Å². The number of hydrazine groups is 1. The lowest BCUT2D eigenvalue weighted by molar-refractivity contribution is -0.132. The van der Waals surface area contributed by atoms with Crippen molar-refractivity contribution in [2.24, 2.45) is 5.92 Å². The van der Waals surface area contributed by atoms with E-state index in [-0.39, 0.29) is 24.8 Å². The zero-order valence-electron chi connectivity index (χ0n) is 12.0. The minimum absolute atomic E-state index is 0.0712. The van der Waals surface area contributed by atoms with Crippen molar-refractivity contribution in [2.45, 2.75) is 37.8 Å². The molecule has 0 aromatic heterocycles. The van der Waals surface area contributed by atoms with Crippen LogP contribution in [0.2, 0.25) is 0 Å². The first-order valence-electron chi connectivity index (χ1n) is 7.13. The van der Waals surface area contributed by atoms with Gasteiger partial charge in [-0.2, -0.15) is 13.5 Å².